The van der Waals surface area contributed by atoms with E-state index in [1.165, 1.54) is 0 Å². The molecule has 78 valence electrons. The Morgan fingerprint density at radius 2 is 2.36 bits per heavy atom. The maximum Gasteiger partial charge on any atom is 0.184 e. The fraction of sp³-hybridized carbons (Fsp3) is 0.556. The third-order valence-electron chi connectivity index (χ3n) is 2.31. The van der Waals surface area contributed by atoms with Crippen LogP contribution in [-0.2, 0) is 9.57 Å². The Labute approximate surface area is 82.5 Å². The zero-order valence-corrected chi connectivity index (χ0v) is 8.32. The molecular formula is C9H14N2O3. The Kier molecular flexibility index (Phi) is 3.24. The van der Waals surface area contributed by atoms with E-state index in [1.54, 1.807) is 26.2 Å². The van der Waals surface area contributed by atoms with Gasteiger partial charge in [-0.25, -0.2) is 0 Å². The number of allylic oxidation sites excluding steroid dienone is 2. The van der Waals surface area contributed by atoms with Gasteiger partial charge in [0.25, 0.3) is 0 Å². The largest absolute Gasteiger partial charge is 0.497 e. The predicted octanol–water partition coefficient (Wildman–Crippen LogP) is 1.61. The van der Waals surface area contributed by atoms with Crippen LogP contribution in [0.15, 0.2) is 28.8 Å². The van der Waals surface area contributed by atoms with Gasteiger partial charge in [0.2, 0.25) is 0 Å². The summed E-state index contributed by atoms with van der Waals surface area (Å²) in [6, 6.07) is 0. The van der Waals surface area contributed by atoms with Crippen molar-refractivity contribution in [1.82, 2.24) is 0 Å². The molecule has 1 aliphatic carbocycles. The number of nitrogens with two attached hydrogens (primary N) is 1. The first-order chi connectivity index (χ1) is 6.65. The molecule has 0 bridgehead atoms. The Morgan fingerprint density at radius 3 is 2.86 bits per heavy atom. The van der Waals surface area contributed by atoms with Crippen molar-refractivity contribution in [3.8, 4) is 0 Å². The predicted molar refractivity (Wildman–Crippen MR) is 51.9 cm³/mol. The van der Waals surface area contributed by atoms with Gasteiger partial charge in [-0.05, 0) is 25.5 Å². The van der Waals surface area contributed by atoms with Gasteiger partial charge in [0.1, 0.15) is 11.3 Å². The monoisotopic (exact) mass is 198 g/mol. The second kappa shape index (κ2) is 4.23. The first-order valence-electron chi connectivity index (χ1n) is 4.33. The van der Waals surface area contributed by atoms with Crippen molar-refractivity contribution >= 4 is 0 Å². The molecule has 5 nitrogen and oxygen atoms in total. The highest BCUT2D eigenvalue weighted by Crippen LogP contribution is 2.28. The SMILES string of the molecule is COC1=C(ON)C=CC(C)(N=O)CC1. The van der Waals surface area contributed by atoms with Crippen LogP contribution in [0.4, 0.5) is 0 Å². The van der Waals surface area contributed by atoms with E-state index in [9.17, 15) is 4.91 Å². The molecule has 5 heteroatoms. The molecule has 0 saturated carbocycles. The van der Waals surface area contributed by atoms with Crippen molar-refractivity contribution < 1.29 is 9.57 Å². The minimum Gasteiger partial charge on any atom is -0.497 e. The van der Waals surface area contributed by atoms with E-state index in [1.807, 2.05) is 0 Å². The number of methoxy groups -OCH3 is 1. The van der Waals surface area contributed by atoms with E-state index in [-0.39, 0.29) is 0 Å². The lowest BCUT2D eigenvalue weighted by Gasteiger charge is -2.14. The molecule has 1 unspecified atom stereocenters. The van der Waals surface area contributed by atoms with Gasteiger partial charge in [-0.15, -0.1) is 4.91 Å². The summed E-state index contributed by atoms with van der Waals surface area (Å²) in [5.41, 5.74) is -0.704. The zero-order chi connectivity index (χ0) is 10.6. The lowest BCUT2D eigenvalue weighted by Crippen LogP contribution is -2.16. The summed E-state index contributed by atoms with van der Waals surface area (Å²) >= 11 is 0. The average Bonchev–Trinajstić information content (AvgIpc) is 2.38. The Hall–Kier alpha value is -1.36. The van der Waals surface area contributed by atoms with Crippen molar-refractivity contribution in [2.24, 2.45) is 11.1 Å². The molecule has 0 aromatic carbocycles. The second-order valence-electron chi connectivity index (χ2n) is 3.39. The molecule has 0 heterocycles. The minimum absolute atomic E-state index is 0.444. The van der Waals surface area contributed by atoms with E-state index in [4.69, 9.17) is 10.6 Å². The Bertz CT molecular complexity index is 286. The normalized spacial score (nSPS) is 27.1. The van der Waals surface area contributed by atoms with Crippen molar-refractivity contribution in [3.05, 3.63) is 28.6 Å². The van der Waals surface area contributed by atoms with Crippen molar-refractivity contribution in [2.75, 3.05) is 7.11 Å². The van der Waals surface area contributed by atoms with Gasteiger partial charge < -0.3 is 9.57 Å². The minimum atomic E-state index is -0.704. The fourth-order valence-corrected chi connectivity index (χ4v) is 1.31. The molecule has 1 atom stereocenters. The van der Waals surface area contributed by atoms with Crippen LogP contribution in [0.3, 0.4) is 0 Å². The molecule has 0 aliphatic heterocycles. The Balaban J connectivity index is 2.92. The van der Waals surface area contributed by atoms with Crippen LogP contribution in [0.5, 0.6) is 0 Å². The van der Waals surface area contributed by atoms with Gasteiger partial charge in [-0.3, -0.25) is 0 Å². The molecule has 0 spiro atoms. The Morgan fingerprint density at radius 1 is 1.64 bits per heavy atom. The summed E-state index contributed by atoms with van der Waals surface area (Å²) in [6.45, 7) is 1.75. The summed E-state index contributed by atoms with van der Waals surface area (Å²) in [5, 5.41) is 3.06. The van der Waals surface area contributed by atoms with Crippen molar-refractivity contribution in [3.63, 3.8) is 0 Å². The van der Waals surface area contributed by atoms with Crippen LogP contribution in [-0.4, -0.2) is 12.6 Å². The molecule has 0 radical (unpaired) electrons. The highest BCUT2D eigenvalue weighted by Gasteiger charge is 2.26. The summed E-state index contributed by atoms with van der Waals surface area (Å²) in [7, 11) is 1.54. The summed E-state index contributed by atoms with van der Waals surface area (Å²) in [6.07, 6.45) is 4.46. The van der Waals surface area contributed by atoms with Gasteiger partial charge >= 0.3 is 0 Å². The molecule has 0 aromatic rings. The molecule has 0 fully saturated rings. The summed E-state index contributed by atoms with van der Waals surface area (Å²) < 4.78 is 5.09. The average molecular weight is 198 g/mol. The van der Waals surface area contributed by atoms with Crippen LogP contribution in [0.1, 0.15) is 19.8 Å². The molecule has 0 amide bonds. The standard InChI is InChI=1S/C9H14N2O3/c1-9(11-12)5-3-7(13-2)8(14-10)4-6-9/h4,6H,3,5,10H2,1-2H3. The van der Waals surface area contributed by atoms with Gasteiger partial charge in [-0.1, -0.05) is 5.18 Å². The number of nitroso groups, excluding NO2 is 1. The lowest BCUT2D eigenvalue weighted by molar-refractivity contribution is 0.186. The van der Waals surface area contributed by atoms with E-state index >= 15 is 0 Å². The number of hydrogen-bond acceptors (Lipinski definition) is 5. The van der Waals surface area contributed by atoms with Crippen LogP contribution in [0.2, 0.25) is 0 Å². The van der Waals surface area contributed by atoms with E-state index in [0.29, 0.717) is 24.4 Å². The van der Waals surface area contributed by atoms with Crippen LogP contribution >= 0.6 is 0 Å². The quantitative estimate of drug-likeness (QED) is 0.552. The molecule has 0 saturated heterocycles. The van der Waals surface area contributed by atoms with Gasteiger partial charge in [0.05, 0.1) is 7.11 Å². The zero-order valence-electron chi connectivity index (χ0n) is 8.32. The third kappa shape index (κ3) is 2.11. The van der Waals surface area contributed by atoms with Gasteiger partial charge in [0.15, 0.2) is 5.76 Å². The first-order valence-corrected chi connectivity index (χ1v) is 4.33. The van der Waals surface area contributed by atoms with Gasteiger partial charge in [0, 0.05) is 6.42 Å². The van der Waals surface area contributed by atoms with E-state index < -0.39 is 5.54 Å². The second-order valence-corrected chi connectivity index (χ2v) is 3.39. The van der Waals surface area contributed by atoms with Crippen LogP contribution in [0, 0.1) is 4.91 Å². The number of rotatable bonds is 3. The molecule has 0 aromatic heterocycles. The number of hydrogen-bond donors (Lipinski definition) is 1. The lowest BCUT2D eigenvalue weighted by atomic mass is 9.98. The summed E-state index contributed by atoms with van der Waals surface area (Å²) in [4.78, 5) is 15.2. The van der Waals surface area contributed by atoms with Crippen LogP contribution < -0.4 is 5.90 Å². The smallest absolute Gasteiger partial charge is 0.184 e. The van der Waals surface area contributed by atoms with E-state index in [2.05, 4.69) is 10.0 Å². The van der Waals surface area contributed by atoms with Crippen molar-refractivity contribution in [2.45, 2.75) is 25.3 Å². The van der Waals surface area contributed by atoms with E-state index in [0.717, 1.165) is 0 Å². The fourth-order valence-electron chi connectivity index (χ4n) is 1.31. The maximum absolute atomic E-state index is 10.6. The third-order valence-corrected chi connectivity index (χ3v) is 2.31. The summed E-state index contributed by atoms with van der Waals surface area (Å²) in [5.74, 6) is 6.15. The first kappa shape index (κ1) is 10.7. The molecule has 14 heavy (non-hydrogen) atoms. The molecule has 1 rings (SSSR count). The van der Waals surface area contributed by atoms with Gasteiger partial charge in [-0.2, -0.15) is 5.90 Å². The maximum atomic E-state index is 10.6. The highest BCUT2D eigenvalue weighted by atomic mass is 16.6. The topological polar surface area (TPSA) is 73.9 Å². The van der Waals surface area contributed by atoms with Crippen molar-refractivity contribution in [1.29, 1.82) is 0 Å². The molecule has 2 N–H and O–H groups in total. The molecular weight excluding hydrogens is 184 g/mol. The molecule has 1 aliphatic rings. The highest BCUT2D eigenvalue weighted by molar-refractivity contribution is 5.24. The van der Waals surface area contributed by atoms with Crippen LogP contribution in [0.25, 0.3) is 0 Å². The number of ether oxygens (including phenoxy) is 1. The number of nitrogens with zero attached hydrogens (tertiary/aromatic N) is 1.